The number of furan rings is 1. The lowest BCUT2D eigenvalue weighted by Gasteiger charge is -2.15. The van der Waals surface area contributed by atoms with Gasteiger partial charge in [0.2, 0.25) is 5.82 Å². The second-order valence-corrected chi connectivity index (χ2v) is 7.26. The number of H-pyrrole nitrogens is 1. The minimum absolute atomic E-state index is 0.219. The number of ether oxygens (including phenoxy) is 1. The van der Waals surface area contributed by atoms with Crippen molar-refractivity contribution in [1.82, 2.24) is 20.6 Å². The zero-order valence-electron chi connectivity index (χ0n) is 14.8. The molecule has 0 fully saturated rings. The minimum atomic E-state index is -4.50. The minimum Gasteiger partial charge on any atom is -0.496 e. The van der Waals surface area contributed by atoms with E-state index >= 15 is 0 Å². The van der Waals surface area contributed by atoms with Gasteiger partial charge in [-0.05, 0) is 69.8 Å². The van der Waals surface area contributed by atoms with Crippen molar-refractivity contribution in [3.63, 3.8) is 0 Å². The van der Waals surface area contributed by atoms with Gasteiger partial charge in [-0.25, -0.2) is 0 Å². The number of nitrogens with one attached hydrogen (secondary N) is 2. The summed E-state index contributed by atoms with van der Waals surface area (Å²) in [5.74, 6) is 0.594. The topological polar surface area (TPSA) is 88.9 Å². The third kappa shape index (κ3) is 3.99. The average Bonchev–Trinajstić information content (AvgIpc) is 3.34. The highest BCUT2D eigenvalue weighted by Crippen LogP contribution is 2.38. The van der Waals surface area contributed by atoms with Crippen molar-refractivity contribution in [2.75, 3.05) is 12.4 Å². The van der Waals surface area contributed by atoms with Crippen molar-refractivity contribution in [2.45, 2.75) is 12.7 Å². The Hall–Kier alpha value is -2.83. The molecule has 0 spiro atoms. The lowest BCUT2D eigenvalue weighted by molar-refractivity contribution is -0.138. The first kappa shape index (κ1) is 19.5. The third-order valence-electron chi connectivity index (χ3n) is 4.24. The predicted octanol–water partition coefficient (Wildman–Crippen LogP) is 4.86. The van der Waals surface area contributed by atoms with Gasteiger partial charge in [0, 0.05) is 21.2 Å². The largest absolute Gasteiger partial charge is 0.496 e. The molecule has 0 radical (unpaired) electrons. The number of benzene rings is 2. The normalized spacial score (nSPS) is 11.8. The van der Waals surface area contributed by atoms with Crippen LogP contribution in [0.15, 0.2) is 40.8 Å². The van der Waals surface area contributed by atoms with Crippen molar-refractivity contribution < 1.29 is 22.3 Å². The molecule has 0 saturated heterocycles. The van der Waals surface area contributed by atoms with E-state index in [4.69, 9.17) is 9.15 Å². The number of alkyl halides is 3. The first-order chi connectivity index (χ1) is 13.8. The molecule has 0 unspecified atom stereocenters. The Morgan fingerprint density at radius 3 is 2.72 bits per heavy atom. The van der Waals surface area contributed by atoms with Crippen molar-refractivity contribution in [3.05, 3.63) is 51.1 Å². The molecule has 7 nitrogen and oxygen atoms in total. The SMILES string of the molecule is COc1ccc(NCc2cc3oc(-c4nn[nH]n4)cc3cc2I)cc1C(F)(F)F. The summed E-state index contributed by atoms with van der Waals surface area (Å²) >= 11 is 2.17. The zero-order chi connectivity index (χ0) is 20.6. The molecule has 0 bridgehead atoms. The monoisotopic (exact) mass is 515 g/mol. The maximum atomic E-state index is 13.2. The standard InChI is InChI=1S/C18H13F3IN5O2/c1-28-14-3-2-11(7-12(14)18(19,20)21)23-8-10-6-15-9(4-13(10)22)5-16(29-15)17-24-26-27-25-17/h2-7,23H,8H2,1H3,(H,24,25,26,27). The molecular weight excluding hydrogens is 502 g/mol. The van der Waals surface area contributed by atoms with Crippen LogP contribution in [0.3, 0.4) is 0 Å². The van der Waals surface area contributed by atoms with Gasteiger partial charge in [-0.15, -0.1) is 10.2 Å². The van der Waals surface area contributed by atoms with Crippen LogP contribution in [0.25, 0.3) is 22.6 Å². The first-order valence-electron chi connectivity index (χ1n) is 8.30. The van der Waals surface area contributed by atoms with Gasteiger partial charge in [-0.2, -0.15) is 18.4 Å². The summed E-state index contributed by atoms with van der Waals surface area (Å²) in [6.07, 6.45) is -4.50. The van der Waals surface area contributed by atoms with E-state index < -0.39 is 11.7 Å². The van der Waals surface area contributed by atoms with Crippen LogP contribution in [-0.2, 0) is 12.7 Å². The lowest BCUT2D eigenvalue weighted by atomic mass is 10.1. The molecule has 0 aliphatic carbocycles. The highest BCUT2D eigenvalue weighted by atomic mass is 127. The number of rotatable bonds is 5. The van der Waals surface area contributed by atoms with Gasteiger partial charge in [0.25, 0.3) is 0 Å². The predicted molar refractivity (Wildman–Crippen MR) is 107 cm³/mol. The summed E-state index contributed by atoms with van der Waals surface area (Å²) < 4.78 is 51.1. The Kier molecular flexibility index (Phi) is 5.06. The number of nitrogens with zero attached hydrogens (tertiary/aromatic N) is 3. The Morgan fingerprint density at radius 2 is 2.03 bits per heavy atom. The van der Waals surface area contributed by atoms with E-state index in [1.807, 2.05) is 12.1 Å². The fourth-order valence-electron chi connectivity index (χ4n) is 2.85. The smallest absolute Gasteiger partial charge is 0.420 e. The van der Waals surface area contributed by atoms with E-state index in [0.29, 0.717) is 29.4 Å². The molecule has 11 heteroatoms. The summed E-state index contributed by atoms with van der Waals surface area (Å²) in [5, 5.41) is 17.5. The number of fused-ring (bicyclic) bond motifs is 1. The van der Waals surface area contributed by atoms with E-state index in [1.54, 1.807) is 12.1 Å². The Bertz CT molecular complexity index is 1160. The van der Waals surface area contributed by atoms with Crippen molar-refractivity contribution >= 4 is 39.2 Å². The van der Waals surface area contributed by atoms with Crippen LogP contribution in [0.1, 0.15) is 11.1 Å². The van der Waals surface area contributed by atoms with Crippen molar-refractivity contribution in [1.29, 1.82) is 0 Å². The number of anilines is 1. The molecule has 0 aliphatic heterocycles. The molecule has 0 aliphatic rings. The highest BCUT2D eigenvalue weighted by molar-refractivity contribution is 14.1. The number of halogens is 4. The Labute approximate surface area is 175 Å². The molecule has 2 aromatic heterocycles. The number of hydrogen-bond acceptors (Lipinski definition) is 6. The Balaban J connectivity index is 1.59. The second-order valence-electron chi connectivity index (χ2n) is 6.09. The molecule has 2 heterocycles. The van der Waals surface area contributed by atoms with Gasteiger partial charge in [0.15, 0.2) is 5.76 Å². The van der Waals surface area contributed by atoms with Gasteiger partial charge in [0.1, 0.15) is 11.3 Å². The Morgan fingerprint density at radius 1 is 1.21 bits per heavy atom. The second kappa shape index (κ2) is 7.54. The van der Waals surface area contributed by atoms with E-state index in [2.05, 4.69) is 48.5 Å². The van der Waals surface area contributed by atoms with Crippen LogP contribution in [-0.4, -0.2) is 27.7 Å². The molecule has 150 valence electrons. The van der Waals surface area contributed by atoms with Gasteiger partial charge in [-0.1, -0.05) is 0 Å². The summed E-state index contributed by atoms with van der Waals surface area (Å²) in [4.78, 5) is 0. The number of methoxy groups -OCH3 is 1. The molecule has 2 aromatic carbocycles. The molecule has 4 aromatic rings. The fraction of sp³-hybridized carbons (Fsp3) is 0.167. The van der Waals surface area contributed by atoms with Crippen LogP contribution in [0.4, 0.5) is 18.9 Å². The van der Waals surface area contributed by atoms with Crippen LogP contribution in [0.5, 0.6) is 5.75 Å². The fourth-order valence-corrected chi connectivity index (χ4v) is 3.53. The van der Waals surface area contributed by atoms with E-state index in [-0.39, 0.29) is 5.75 Å². The molecule has 2 N–H and O–H groups in total. The van der Waals surface area contributed by atoms with Gasteiger partial charge in [-0.3, -0.25) is 0 Å². The van der Waals surface area contributed by atoms with Crippen molar-refractivity contribution in [2.24, 2.45) is 0 Å². The molecular formula is C18H13F3IN5O2. The molecule has 4 rings (SSSR count). The van der Waals surface area contributed by atoms with Gasteiger partial charge in [0.05, 0.1) is 12.7 Å². The quantitative estimate of drug-likeness (QED) is 0.370. The number of tetrazole rings is 1. The zero-order valence-corrected chi connectivity index (χ0v) is 17.0. The summed E-state index contributed by atoms with van der Waals surface area (Å²) in [7, 11) is 1.21. The van der Waals surface area contributed by atoms with Crippen LogP contribution in [0, 0.1) is 3.57 Å². The lowest BCUT2D eigenvalue weighted by Crippen LogP contribution is -2.09. The number of aromatic amines is 1. The maximum Gasteiger partial charge on any atom is 0.420 e. The van der Waals surface area contributed by atoms with Crippen LogP contribution in [0.2, 0.25) is 0 Å². The number of aromatic nitrogens is 4. The van der Waals surface area contributed by atoms with Gasteiger partial charge < -0.3 is 14.5 Å². The summed E-state index contributed by atoms with van der Waals surface area (Å²) in [6, 6.07) is 9.44. The first-order valence-corrected chi connectivity index (χ1v) is 9.38. The van der Waals surface area contributed by atoms with E-state index in [1.165, 1.54) is 13.2 Å². The molecule has 0 atom stereocenters. The molecule has 0 saturated carbocycles. The maximum absolute atomic E-state index is 13.2. The van der Waals surface area contributed by atoms with E-state index in [9.17, 15) is 13.2 Å². The average molecular weight is 515 g/mol. The molecule has 0 amide bonds. The third-order valence-corrected chi connectivity index (χ3v) is 5.24. The van der Waals surface area contributed by atoms with Crippen LogP contribution < -0.4 is 10.1 Å². The highest BCUT2D eigenvalue weighted by Gasteiger charge is 2.34. The van der Waals surface area contributed by atoms with Crippen LogP contribution >= 0.6 is 22.6 Å². The summed E-state index contributed by atoms with van der Waals surface area (Å²) in [6.45, 7) is 0.316. The van der Waals surface area contributed by atoms with E-state index in [0.717, 1.165) is 20.6 Å². The number of hydrogen-bond donors (Lipinski definition) is 2. The molecule has 29 heavy (non-hydrogen) atoms. The van der Waals surface area contributed by atoms with Gasteiger partial charge >= 0.3 is 6.18 Å². The summed E-state index contributed by atoms with van der Waals surface area (Å²) in [5.41, 5.74) is 0.996. The van der Waals surface area contributed by atoms with Crippen molar-refractivity contribution in [3.8, 4) is 17.3 Å².